The van der Waals surface area contributed by atoms with E-state index >= 15 is 0 Å². The summed E-state index contributed by atoms with van der Waals surface area (Å²) in [7, 11) is 0. The SMILES string of the molecule is Nc1nc2c(F)cccc2c2nc(Cc3ccc4c(c3)CNC4)cn12. The Morgan fingerprint density at radius 1 is 1.12 bits per heavy atom. The van der Waals surface area contributed by atoms with Crippen LogP contribution >= 0.6 is 0 Å². The summed E-state index contributed by atoms with van der Waals surface area (Å²) in [5.74, 6) is -0.146. The fourth-order valence-corrected chi connectivity index (χ4v) is 3.52. The van der Waals surface area contributed by atoms with E-state index in [1.807, 2.05) is 12.3 Å². The van der Waals surface area contributed by atoms with Crippen LogP contribution in [-0.4, -0.2) is 14.4 Å². The van der Waals surface area contributed by atoms with E-state index in [1.54, 1.807) is 10.5 Å². The Hall–Kier alpha value is -2.99. The lowest BCUT2D eigenvalue weighted by Crippen LogP contribution is -2.01. The molecule has 0 spiro atoms. The first-order valence-corrected chi connectivity index (χ1v) is 8.22. The van der Waals surface area contributed by atoms with Crippen LogP contribution in [0.2, 0.25) is 0 Å². The van der Waals surface area contributed by atoms with E-state index in [0.717, 1.165) is 18.8 Å². The minimum atomic E-state index is -0.387. The van der Waals surface area contributed by atoms with E-state index in [4.69, 9.17) is 10.7 Å². The van der Waals surface area contributed by atoms with Gasteiger partial charge in [0.2, 0.25) is 5.95 Å². The van der Waals surface area contributed by atoms with Gasteiger partial charge in [0.1, 0.15) is 17.0 Å². The number of para-hydroxylation sites is 1. The average Bonchev–Trinajstić information content (AvgIpc) is 3.23. The second-order valence-electron chi connectivity index (χ2n) is 6.42. The lowest BCUT2D eigenvalue weighted by atomic mass is 10.0. The first-order valence-electron chi connectivity index (χ1n) is 8.22. The molecule has 0 amide bonds. The molecule has 25 heavy (non-hydrogen) atoms. The zero-order chi connectivity index (χ0) is 17.0. The number of imidazole rings is 1. The summed E-state index contributed by atoms with van der Waals surface area (Å²) < 4.78 is 15.7. The molecule has 0 saturated carbocycles. The van der Waals surface area contributed by atoms with Crippen LogP contribution in [0.1, 0.15) is 22.4 Å². The molecule has 4 aromatic rings. The van der Waals surface area contributed by atoms with Crippen molar-refractivity contribution in [2.24, 2.45) is 0 Å². The Bertz CT molecular complexity index is 1130. The van der Waals surface area contributed by atoms with Crippen LogP contribution in [0.25, 0.3) is 16.6 Å². The summed E-state index contributed by atoms with van der Waals surface area (Å²) in [6, 6.07) is 11.4. The fraction of sp³-hybridized carbons (Fsp3) is 0.158. The number of fused-ring (bicyclic) bond motifs is 4. The number of hydrogen-bond donors (Lipinski definition) is 2. The van der Waals surface area contributed by atoms with Crippen LogP contribution < -0.4 is 11.1 Å². The van der Waals surface area contributed by atoms with Crippen molar-refractivity contribution in [2.45, 2.75) is 19.5 Å². The maximum atomic E-state index is 14.0. The number of aromatic nitrogens is 3. The number of anilines is 1. The average molecular weight is 333 g/mol. The van der Waals surface area contributed by atoms with Gasteiger partial charge in [-0.1, -0.05) is 24.3 Å². The van der Waals surface area contributed by atoms with Crippen molar-refractivity contribution in [1.29, 1.82) is 0 Å². The molecule has 0 fully saturated rings. The molecule has 1 aliphatic heterocycles. The van der Waals surface area contributed by atoms with Gasteiger partial charge in [0, 0.05) is 31.1 Å². The maximum absolute atomic E-state index is 14.0. The third-order valence-corrected chi connectivity index (χ3v) is 4.74. The molecular formula is C19H16FN5. The van der Waals surface area contributed by atoms with E-state index in [1.165, 1.54) is 22.8 Å². The van der Waals surface area contributed by atoms with Crippen LogP contribution in [-0.2, 0) is 19.5 Å². The number of benzene rings is 2. The standard InChI is InChI=1S/C19H16FN5/c20-16-3-1-2-15-17(16)24-19(21)25-10-14(23-18(15)25)7-11-4-5-12-8-22-9-13(12)6-11/h1-6,10,22H,7-9H2,(H2,21,24). The third-order valence-electron chi connectivity index (χ3n) is 4.74. The Morgan fingerprint density at radius 2 is 2.00 bits per heavy atom. The molecular weight excluding hydrogens is 317 g/mol. The zero-order valence-corrected chi connectivity index (χ0v) is 13.5. The van der Waals surface area contributed by atoms with Crippen LogP contribution in [0.5, 0.6) is 0 Å². The summed E-state index contributed by atoms with van der Waals surface area (Å²) >= 11 is 0. The van der Waals surface area contributed by atoms with Crippen LogP contribution in [0.15, 0.2) is 42.6 Å². The summed E-state index contributed by atoms with van der Waals surface area (Å²) in [6.07, 6.45) is 2.58. The number of nitrogen functional groups attached to an aromatic ring is 1. The number of hydrogen-bond acceptors (Lipinski definition) is 4. The molecule has 5 nitrogen and oxygen atoms in total. The second-order valence-corrected chi connectivity index (χ2v) is 6.42. The Kier molecular flexibility index (Phi) is 3.02. The van der Waals surface area contributed by atoms with Crippen LogP contribution in [0.4, 0.5) is 10.3 Å². The van der Waals surface area contributed by atoms with E-state index < -0.39 is 0 Å². The molecule has 0 aliphatic carbocycles. The first kappa shape index (κ1) is 14.4. The van der Waals surface area contributed by atoms with Crippen molar-refractivity contribution in [3.63, 3.8) is 0 Å². The molecule has 3 N–H and O–H groups in total. The lowest BCUT2D eigenvalue weighted by molar-refractivity contribution is 0.636. The molecule has 0 radical (unpaired) electrons. The summed E-state index contributed by atoms with van der Waals surface area (Å²) in [6.45, 7) is 1.85. The predicted octanol–water partition coefficient (Wildman–Crippen LogP) is 2.80. The van der Waals surface area contributed by atoms with E-state index in [2.05, 4.69) is 28.5 Å². The van der Waals surface area contributed by atoms with Gasteiger partial charge in [-0.2, -0.15) is 0 Å². The largest absolute Gasteiger partial charge is 0.369 e. The Labute approximate surface area is 143 Å². The highest BCUT2D eigenvalue weighted by molar-refractivity contribution is 5.92. The summed E-state index contributed by atoms with van der Waals surface area (Å²) in [5, 5.41) is 4.02. The number of nitrogens with two attached hydrogens (primary N) is 1. The normalized spacial score (nSPS) is 13.6. The van der Waals surface area contributed by atoms with Crippen molar-refractivity contribution >= 4 is 22.5 Å². The molecule has 2 aromatic carbocycles. The molecule has 3 heterocycles. The van der Waals surface area contributed by atoms with E-state index in [9.17, 15) is 4.39 Å². The highest BCUT2D eigenvalue weighted by Crippen LogP contribution is 2.24. The van der Waals surface area contributed by atoms with Crippen LogP contribution in [0.3, 0.4) is 0 Å². The number of nitrogens with one attached hydrogen (secondary N) is 1. The zero-order valence-electron chi connectivity index (χ0n) is 13.5. The quantitative estimate of drug-likeness (QED) is 0.592. The van der Waals surface area contributed by atoms with Crippen molar-refractivity contribution in [2.75, 3.05) is 5.73 Å². The maximum Gasteiger partial charge on any atom is 0.206 e. The van der Waals surface area contributed by atoms with Crippen molar-refractivity contribution in [1.82, 2.24) is 19.7 Å². The topological polar surface area (TPSA) is 68.2 Å². The van der Waals surface area contributed by atoms with Gasteiger partial charge in [-0.25, -0.2) is 14.4 Å². The minimum Gasteiger partial charge on any atom is -0.369 e. The van der Waals surface area contributed by atoms with Gasteiger partial charge in [-0.15, -0.1) is 0 Å². The molecule has 5 rings (SSSR count). The van der Waals surface area contributed by atoms with E-state index in [-0.39, 0.29) is 17.3 Å². The van der Waals surface area contributed by atoms with Gasteiger partial charge in [0.05, 0.1) is 5.69 Å². The predicted molar refractivity (Wildman–Crippen MR) is 94.7 cm³/mol. The summed E-state index contributed by atoms with van der Waals surface area (Å²) in [5.41, 5.74) is 11.7. The van der Waals surface area contributed by atoms with Crippen molar-refractivity contribution in [3.8, 4) is 0 Å². The molecule has 1 aliphatic rings. The highest BCUT2D eigenvalue weighted by atomic mass is 19.1. The van der Waals surface area contributed by atoms with Crippen LogP contribution in [0, 0.1) is 5.82 Å². The van der Waals surface area contributed by atoms with Crippen molar-refractivity contribution < 1.29 is 4.39 Å². The monoisotopic (exact) mass is 333 g/mol. The first-order chi connectivity index (χ1) is 12.2. The van der Waals surface area contributed by atoms with Gasteiger partial charge in [-0.05, 0) is 28.8 Å². The van der Waals surface area contributed by atoms with Gasteiger partial charge >= 0.3 is 0 Å². The number of halogens is 1. The number of rotatable bonds is 2. The van der Waals surface area contributed by atoms with Gasteiger partial charge in [-0.3, -0.25) is 4.40 Å². The molecule has 0 atom stereocenters. The second kappa shape index (κ2) is 5.26. The summed E-state index contributed by atoms with van der Waals surface area (Å²) in [4.78, 5) is 8.88. The molecule has 0 bridgehead atoms. The smallest absolute Gasteiger partial charge is 0.206 e. The third kappa shape index (κ3) is 2.26. The van der Waals surface area contributed by atoms with Crippen molar-refractivity contribution in [3.05, 3.63) is 70.8 Å². The van der Waals surface area contributed by atoms with Gasteiger partial charge in [0.25, 0.3) is 0 Å². The molecule has 6 heteroatoms. The fourth-order valence-electron chi connectivity index (χ4n) is 3.52. The molecule has 124 valence electrons. The minimum absolute atomic E-state index is 0.240. The number of nitrogens with zero attached hydrogens (tertiary/aromatic N) is 3. The molecule has 2 aromatic heterocycles. The van der Waals surface area contributed by atoms with Gasteiger partial charge < -0.3 is 11.1 Å². The Balaban J connectivity index is 1.62. The lowest BCUT2D eigenvalue weighted by Gasteiger charge is -2.03. The molecule has 0 unspecified atom stereocenters. The van der Waals surface area contributed by atoms with E-state index in [0.29, 0.717) is 17.5 Å². The van der Waals surface area contributed by atoms with Gasteiger partial charge in [0.15, 0.2) is 0 Å². The Morgan fingerprint density at radius 3 is 2.92 bits per heavy atom. The highest BCUT2D eigenvalue weighted by Gasteiger charge is 2.14. The molecule has 0 saturated heterocycles.